The van der Waals surface area contributed by atoms with E-state index in [2.05, 4.69) is 31.3 Å². The lowest BCUT2D eigenvalue weighted by Gasteiger charge is -2.11. The summed E-state index contributed by atoms with van der Waals surface area (Å²) in [6, 6.07) is 4.56. The zero-order valence-corrected chi connectivity index (χ0v) is 9.71. The quantitative estimate of drug-likeness (QED) is 0.821. The zero-order chi connectivity index (χ0) is 11.7. The third-order valence-electron chi connectivity index (χ3n) is 3.34. The van der Waals surface area contributed by atoms with Crippen molar-refractivity contribution in [2.45, 2.75) is 39.2 Å². The average Bonchev–Trinajstić information content (AvgIpc) is 2.64. The molecule has 1 aromatic rings. The molecule has 0 fully saturated rings. The number of aliphatic carboxylic acids is 1. The summed E-state index contributed by atoms with van der Waals surface area (Å²) in [6.45, 7) is 4.21. The van der Waals surface area contributed by atoms with Gasteiger partial charge in [-0.15, -0.1) is 0 Å². The summed E-state index contributed by atoms with van der Waals surface area (Å²) in [5.41, 5.74) is 5.11. The van der Waals surface area contributed by atoms with Gasteiger partial charge in [0.2, 0.25) is 0 Å². The fourth-order valence-electron chi connectivity index (χ4n) is 2.24. The summed E-state index contributed by atoms with van der Waals surface area (Å²) in [4.78, 5) is 10.5. The molecule has 1 heterocycles. The van der Waals surface area contributed by atoms with Crippen molar-refractivity contribution in [1.29, 1.82) is 0 Å². The summed E-state index contributed by atoms with van der Waals surface area (Å²) in [6.07, 6.45) is 1.88. The SMILES string of the molecule is Cc1ccc2c(c1C)NC(CCC(=O)O)C2. The summed E-state index contributed by atoms with van der Waals surface area (Å²) in [7, 11) is 0. The Morgan fingerprint density at radius 3 is 2.94 bits per heavy atom. The molecule has 3 nitrogen and oxygen atoms in total. The number of anilines is 1. The van der Waals surface area contributed by atoms with Crippen molar-refractivity contribution in [2.24, 2.45) is 0 Å². The number of carboxylic acids is 1. The molecule has 3 heteroatoms. The minimum Gasteiger partial charge on any atom is -0.481 e. The highest BCUT2D eigenvalue weighted by molar-refractivity contribution is 5.68. The number of fused-ring (bicyclic) bond motifs is 1. The van der Waals surface area contributed by atoms with Gasteiger partial charge in [-0.3, -0.25) is 4.79 Å². The lowest BCUT2D eigenvalue weighted by atomic mass is 10.0. The van der Waals surface area contributed by atoms with Gasteiger partial charge in [-0.25, -0.2) is 0 Å². The summed E-state index contributed by atoms with van der Waals surface area (Å²) in [5.74, 6) is -0.717. The number of hydrogen-bond donors (Lipinski definition) is 2. The van der Waals surface area contributed by atoms with Crippen molar-refractivity contribution in [3.05, 3.63) is 28.8 Å². The van der Waals surface area contributed by atoms with Crippen molar-refractivity contribution in [3.63, 3.8) is 0 Å². The zero-order valence-electron chi connectivity index (χ0n) is 9.71. The highest BCUT2D eigenvalue weighted by Crippen LogP contribution is 2.32. The Morgan fingerprint density at radius 2 is 2.25 bits per heavy atom. The van der Waals surface area contributed by atoms with Crippen LogP contribution in [0, 0.1) is 13.8 Å². The maximum absolute atomic E-state index is 10.5. The molecule has 0 saturated heterocycles. The molecule has 1 aromatic carbocycles. The molecule has 0 amide bonds. The molecule has 1 atom stereocenters. The first-order valence-corrected chi connectivity index (χ1v) is 5.65. The number of carbonyl (C=O) groups is 1. The topological polar surface area (TPSA) is 49.3 Å². The second-order valence-electron chi connectivity index (χ2n) is 4.52. The Kier molecular flexibility index (Phi) is 2.86. The van der Waals surface area contributed by atoms with E-state index in [4.69, 9.17) is 5.11 Å². The van der Waals surface area contributed by atoms with Crippen LogP contribution < -0.4 is 5.32 Å². The minimum absolute atomic E-state index is 0.240. The van der Waals surface area contributed by atoms with Gasteiger partial charge in [-0.05, 0) is 43.4 Å². The van der Waals surface area contributed by atoms with Gasteiger partial charge in [0.05, 0.1) is 0 Å². The van der Waals surface area contributed by atoms with E-state index in [1.54, 1.807) is 0 Å². The van der Waals surface area contributed by atoms with E-state index in [9.17, 15) is 4.79 Å². The smallest absolute Gasteiger partial charge is 0.303 e. The first-order chi connectivity index (χ1) is 7.58. The molecular weight excluding hydrogens is 202 g/mol. The van der Waals surface area contributed by atoms with Gasteiger partial charge in [0.25, 0.3) is 0 Å². The molecule has 16 heavy (non-hydrogen) atoms. The van der Waals surface area contributed by atoms with E-state index in [1.165, 1.54) is 22.4 Å². The third-order valence-corrected chi connectivity index (χ3v) is 3.34. The molecule has 1 aliphatic rings. The van der Waals surface area contributed by atoms with Crippen LogP contribution in [-0.4, -0.2) is 17.1 Å². The molecule has 2 rings (SSSR count). The van der Waals surface area contributed by atoms with Crippen LogP contribution in [0.2, 0.25) is 0 Å². The first-order valence-electron chi connectivity index (χ1n) is 5.65. The van der Waals surface area contributed by atoms with E-state index >= 15 is 0 Å². The molecule has 0 aliphatic carbocycles. The lowest BCUT2D eigenvalue weighted by molar-refractivity contribution is -0.137. The summed E-state index contributed by atoms with van der Waals surface area (Å²) in [5, 5.41) is 12.1. The highest BCUT2D eigenvalue weighted by atomic mass is 16.4. The second-order valence-corrected chi connectivity index (χ2v) is 4.52. The largest absolute Gasteiger partial charge is 0.481 e. The Balaban J connectivity index is 2.09. The molecular formula is C13H17NO2. The summed E-state index contributed by atoms with van der Waals surface area (Å²) >= 11 is 0. The fourth-order valence-corrected chi connectivity index (χ4v) is 2.24. The average molecular weight is 219 g/mol. The Hall–Kier alpha value is -1.51. The molecule has 0 bridgehead atoms. The predicted octanol–water partition coefficient (Wildman–Crippen LogP) is 2.50. The van der Waals surface area contributed by atoms with Gasteiger partial charge in [0.15, 0.2) is 0 Å². The van der Waals surface area contributed by atoms with Crippen LogP contribution in [0.3, 0.4) is 0 Å². The Labute approximate surface area is 95.5 Å². The van der Waals surface area contributed by atoms with Gasteiger partial charge >= 0.3 is 5.97 Å². The molecule has 1 unspecified atom stereocenters. The van der Waals surface area contributed by atoms with Gasteiger partial charge in [0, 0.05) is 18.2 Å². The maximum atomic E-state index is 10.5. The van der Waals surface area contributed by atoms with Crippen LogP contribution >= 0.6 is 0 Å². The van der Waals surface area contributed by atoms with Crippen molar-refractivity contribution in [3.8, 4) is 0 Å². The minimum atomic E-state index is -0.717. The van der Waals surface area contributed by atoms with E-state index in [1.807, 2.05) is 0 Å². The van der Waals surface area contributed by atoms with Crippen molar-refractivity contribution >= 4 is 11.7 Å². The van der Waals surface area contributed by atoms with Crippen molar-refractivity contribution in [2.75, 3.05) is 5.32 Å². The molecule has 0 spiro atoms. The number of benzene rings is 1. The number of rotatable bonds is 3. The Bertz CT molecular complexity index is 426. The Morgan fingerprint density at radius 1 is 1.50 bits per heavy atom. The maximum Gasteiger partial charge on any atom is 0.303 e. The van der Waals surface area contributed by atoms with Crippen LogP contribution in [0.4, 0.5) is 5.69 Å². The van der Waals surface area contributed by atoms with E-state index in [-0.39, 0.29) is 12.5 Å². The molecule has 0 radical (unpaired) electrons. The third kappa shape index (κ3) is 2.03. The first kappa shape index (κ1) is 11.0. The standard InChI is InChI=1S/C13H17NO2/c1-8-3-4-10-7-11(5-6-12(15)16)14-13(10)9(8)2/h3-4,11,14H,5-7H2,1-2H3,(H,15,16). The molecule has 2 N–H and O–H groups in total. The number of hydrogen-bond acceptors (Lipinski definition) is 2. The van der Waals surface area contributed by atoms with E-state index in [0.29, 0.717) is 6.42 Å². The molecule has 1 aliphatic heterocycles. The van der Waals surface area contributed by atoms with Crippen molar-refractivity contribution < 1.29 is 9.90 Å². The van der Waals surface area contributed by atoms with Crippen LogP contribution in [0.15, 0.2) is 12.1 Å². The lowest BCUT2D eigenvalue weighted by Crippen LogP contribution is -2.17. The van der Waals surface area contributed by atoms with Crippen LogP contribution in [0.1, 0.15) is 29.5 Å². The van der Waals surface area contributed by atoms with E-state index < -0.39 is 5.97 Å². The van der Waals surface area contributed by atoms with Gasteiger partial charge in [-0.1, -0.05) is 12.1 Å². The fraction of sp³-hybridized carbons (Fsp3) is 0.462. The highest BCUT2D eigenvalue weighted by Gasteiger charge is 2.22. The normalized spacial score (nSPS) is 18.0. The van der Waals surface area contributed by atoms with Gasteiger partial charge in [-0.2, -0.15) is 0 Å². The number of carboxylic acid groups (broad SMARTS) is 1. The van der Waals surface area contributed by atoms with Crippen LogP contribution in [-0.2, 0) is 11.2 Å². The molecule has 86 valence electrons. The number of aryl methyl sites for hydroxylation is 1. The predicted molar refractivity (Wildman–Crippen MR) is 63.9 cm³/mol. The van der Waals surface area contributed by atoms with Crippen LogP contribution in [0.5, 0.6) is 0 Å². The van der Waals surface area contributed by atoms with Crippen molar-refractivity contribution in [1.82, 2.24) is 0 Å². The van der Waals surface area contributed by atoms with E-state index in [0.717, 1.165) is 6.42 Å². The van der Waals surface area contributed by atoms with Gasteiger partial charge < -0.3 is 10.4 Å². The second kappa shape index (κ2) is 4.16. The van der Waals surface area contributed by atoms with Crippen LogP contribution in [0.25, 0.3) is 0 Å². The molecule has 0 saturated carbocycles. The molecule has 0 aromatic heterocycles. The number of nitrogens with one attached hydrogen (secondary N) is 1. The van der Waals surface area contributed by atoms with Gasteiger partial charge in [0.1, 0.15) is 0 Å². The monoisotopic (exact) mass is 219 g/mol. The summed E-state index contributed by atoms with van der Waals surface area (Å²) < 4.78 is 0.